The molecule has 1 aliphatic heterocycles. The van der Waals surface area contributed by atoms with Gasteiger partial charge in [0, 0.05) is 19.1 Å². The topological polar surface area (TPSA) is 38.5 Å². The van der Waals surface area contributed by atoms with Gasteiger partial charge in [0.15, 0.2) is 0 Å². The lowest BCUT2D eigenvalue weighted by atomic mass is 10.2. The van der Waals surface area contributed by atoms with Crippen LogP contribution in [0.3, 0.4) is 0 Å². The number of hydrogen-bond donors (Lipinski definition) is 1. The molecule has 0 aliphatic carbocycles. The summed E-state index contributed by atoms with van der Waals surface area (Å²) in [4.78, 5) is 2.28. The predicted octanol–water partition coefficient (Wildman–Crippen LogP) is -0.336. The van der Waals surface area contributed by atoms with E-state index in [4.69, 9.17) is 10.5 Å². The molecule has 0 amide bonds. The fraction of sp³-hybridized carbons (Fsp3) is 1.00. The first-order valence-electron chi connectivity index (χ1n) is 3.76. The summed E-state index contributed by atoms with van der Waals surface area (Å²) in [5, 5.41) is 0. The number of hydrogen-bond acceptors (Lipinski definition) is 3. The third-order valence-electron chi connectivity index (χ3n) is 2.08. The minimum absolute atomic E-state index is 0.251. The lowest BCUT2D eigenvalue weighted by Gasteiger charge is -2.34. The van der Waals surface area contributed by atoms with Crippen LogP contribution in [-0.4, -0.2) is 43.8 Å². The van der Waals surface area contributed by atoms with Gasteiger partial charge < -0.3 is 10.5 Å². The van der Waals surface area contributed by atoms with E-state index in [0.29, 0.717) is 12.6 Å². The lowest BCUT2D eigenvalue weighted by molar-refractivity contribution is -0.0432. The number of nitrogens with two attached hydrogens (primary N) is 1. The van der Waals surface area contributed by atoms with Gasteiger partial charge in [0.1, 0.15) is 0 Å². The normalized spacial score (nSPS) is 36.3. The second-order valence-electron chi connectivity index (χ2n) is 2.98. The Morgan fingerprint density at radius 3 is 2.90 bits per heavy atom. The van der Waals surface area contributed by atoms with E-state index in [0.717, 1.165) is 13.2 Å². The molecule has 1 rings (SSSR count). The first-order valence-corrected chi connectivity index (χ1v) is 3.76. The Labute approximate surface area is 62.1 Å². The molecule has 1 unspecified atom stereocenters. The Hall–Kier alpha value is -0.120. The smallest absolute Gasteiger partial charge is 0.0824 e. The van der Waals surface area contributed by atoms with E-state index < -0.39 is 0 Å². The zero-order valence-electron chi connectivity index (χ0n) is 6.71. The highest BCUT2D eigenvalue weighted by atomic mass is 16.5. The van der Waals surface area contributed by atoms with E-state index >= 15 is 0 Å². The highest BCUT2D eigenvalue weighted by Gasteiger charge is 2.21. The minimum Gasteiger partial charge on any atom is -0.374 e. The van der Waals surface area contributed by atoms with Crippen LogP contribution in [0.5, 0.6) is 0 Å². The zero-order chi connectivity index (χ0) is 7.56. The minimum atomic E-state index is 0.251. The maximum atomic E-state index is 5.46. The van der Waals surface area contributed by atoms with E-state index in [9.17, 15) is 0 Å². The summed E-state index contributed by atoms with van der Waals surface area (Å²) in [5.41, 5.74) is 5.46. The van der Waals surface area contributed by atoms with Crippen LogP contribution in [0.2, 0.25) is 0 Å². The quantitative estimate of drug-likeness (QED) is 0.547. The molecule has 0 aromatic rings. The fourth-order valence-corrected chi connectivity index (χ4v) is 1.10. The van der Waals surface area contributed by atoms with Crippen molar-refractivity contribution in [1.29, 1.82) is 0 Å². The van der Waals surface area contributed by atoms with Crippen molar-refractivity contribution < 1.29 is 4.74 Å². The molecule has 3 heteroatoms. The van der Waals surface area contributed by atoms with Crippen molar-refractivity contribution in [2.24, 2.45) is 5.73 Å². The van der Waals surface area contributed by atoms with E-state index in [1.807, 2.05) is 0 Å². The van der Waals surface area contributed by atoms with Gasteiger partial charge in [-0.25, -0.2) is 0 Å². The largest absolute Gasteiger partial charge is 0.374 e. The third kappa shape index (κ3) is 1.68. The Kier molecular flexibility index (Phi) is 2.65. The highest BCUT2D eigenvalue weighted by molar-refractivity contribution is 4.74. The van der Waals surface area contributed by atoms with Crippen LogP contribution < -0.4 is 5.73 Å². The SMILES string of the molecule is CC1CO[C@@H](CN)CN1C. The van der Waals surface area contributed by atoms with Gasteiger partial charge in [-0.3, -0.25) is 4.90 Å². The highest BCUT2D eigenvalue weighted by Crippen LogP contribution is 2.07. The summed E-state index contributed by atoms with van der Waals surface area (Å²) in [6.45, 7) is 4.58. The molecule has 3 nitrogen and oxygen atoms in total. The molecule has 1 fully saturated rings. The van der Waals surface area contributed by atoms with Gasteiger partial charge in [0.05, 0.1) is 12.7 Å². The van der Waals surface area contributed by atoms with Crippen molar-refractivity contribution in [3.63, 3.8) is 0 Å². The summed E-state index contributed by atoms with van der Waals surface area (Å²) >= 11 is 0. The molecular formula is C7H16N2O. The maximum absolute atomic E-state index is 5.46. The molecule has 1 saturated heterocycles. The van der Waals surface area contributed by atoms with E-state index in [2.05, 4.69) is 18.9 Å². The van der Waals surface area contributed by atoms with Crippen LogP contribution in [0, 0.1) is 0 Å². The first-order chi connectivity index (χ1) is 4.74. The Bertz CT molecular complexity index is 108. The Morgan fingerprint density at radius 2 is 2.40 bits per heavy atom. The third-order valence-corrected chi connectivity index (χ3v) is 2.08. The molecule has 0 bridgehead atoms. The van der Waals surface area contributed by atoms with Crippen molar-refractivity contribution in [3.05, 3.63) is 0 Å². The predicted molar refractivity (Wildman–Crippen MR) is 40.9 cm³/mol. The maximum Gasteiger partial charge on any atom is 0.0824 e. The molecule has 0 saturated carbocycles. The van der Waals surface area contributed by atoms with E-state index in [1.165, 1.54) is 0 Å². The first kappa shape index (κ1) is 7.98. The van der Waals surface area contributed by atoms with Crippen LogP contribution in [0.1, 0.15) is 6.92 Å². The summed E-state index contributed by atoms with van der Waals surface area (Å²) in [5.74, 6) is 0. The number of nitrogens with zero attached hydrogens (tertiary/aromatic N) is 1. The monoisotopic (exact) mass is 144 g/mol. The van der Waals surface area contributed by atoms with Gasteiger partial charge in [0.2, 0.25) is 0 Å². The second kappa shape index (κ2) is 3.32. The molecule has 10 heavy (non-hydrogen) atoms. The van der Waals surface area contributed by atoms with E-state index in [-0.39, 0.29) is 6.10 Å². The molecule has 1 heterocycles. The summed E-state index contributed by atoms with van der Waals surface area (Å²) in [6.07, 6.45) is 0.251. The van der Waals surface area contributed by atoms with E-state index in [1.54, 1.807) is 0 Å². The molecule has 0 radical (unpaired) electrons. The van der Waals surface area contributed by atoms with Crippen LogP contribution in [0.4, 0.5) is 0 Å². The number of likely N-dealkylation sites (N-methyl/N-ethyl adjacent to an activating group) is 1. The van der Waals surface area contributed by atoms with Crippen LogP contribution in [0.15, 0.2) is 0 Å². The summed E-state index contributed by atoms with van der Waals surface area (Å²) in [7, 11) is 2.11. The van der Waals surface area contributed by atoms with Gasteiger partial charge in [-0.15, -0.1) is 0 Å². The van der Waals surface area contributed by atoms with Crippen molar-refractivity contribution in [2.75, 3.05) is 26.7 Å². The Morgan fingerprint density at radius 1 is 1.70 bits per heavy atom. The summed E-state index contributed by atoms with van der Waals surface area (Å²) < 4.78 is 5.44. The molecule has 0 aromatic heterocycles. The van der Waals surface area contributed by atoms with Crippen molar-refractivity contribution in [3.8, 4) is 0 Å². The average Bonchev–Trinajstić information content (AvgIpc) is 1.95. The number of rotatable bonds is 1. The van der Waals surface area contributed by atoms with Gasteiger partial charge >= 0.3 is 0 Å². The van der Waals surface area contributed by atoms with Gasteiger partial charge in [-0.05, 0) is 14.0 Å². The molecule has 1 aliphatic rings. The number of ether oxygens (including phenoxy) is 1. The molecule has 60 valence electrons. The molecule has 2 N–H and O–H groups in total. The molecule has 0 spiro atoms. The number of morpholine rings is 1. The summed E-state index contributed by atoms with van der Waals surface area (Å²) in [6, 6.07) is 0.544. The van der Waals surface area contributed by atoms with Gasteiger partial charge in [-0.2, -0.15) is 0 Å². The fourth-order valence-electron chi connectivity index (χ4n) is 1.10. The molecule has 0 aromatic carbocycles. The van der Waals surface area contributed by atoms with Crippen molar-refractivity contribution >= 4 is 0 Å². The second-order valence-corrected chi connectivity index (χ2v) is 2.98. The van der Waals surface area contributed by atoms with Crippen molar-refractivity contribution in [1.82, 2.24) is 4.90 Å². The molecular weight excluding hydrogens is 128 g/mol. The van der Waals surface area contributed by atoms with Crippen molar-refractivity contribution in [2.45, 2.75) is 19.1 Å². The van der Waals surface area contributed by atoms with Crippen LogP contribution >= 0.6 is 0 Å². The van der Waals surface area contributed by atoms with Gasteiger partial charge in [-0.1, -0.05) is 0 Å². The zero-order valence-corrected chi connectivity index (χ0v) is 6.71. The van der Waals surface area contributed by atoms with Crippen LogP contribution in [0.25, 0.3) is 0 Å². The van der Waals surface area contributed by atoms with Crippen LogP contribution in [-0.2, 0) is 4.74 Å². The average molecular weight is 144 g/mol. The standard InChI is InChI=1S/C7H16N2O/c1-6-5-10-7(3-8)4-9(6)2/h6-7H,3-5,8H2,1-2H3/t6?,7-/m0/s1. The van der Waals surface area contributed by atoms with Gasteiger partial charge in [0.25, 0.3) is 0 Å². The molecule has 2 atom stereocenters. The lowest BCUT2D eigenvalue weighted by Crippen LogP contribution is -2.48. The Balaban J connectivity index is 2.33.